The molecule has 0 radical (unpaired) electrons. The molecule has 0 atom stereocenters. The third kappa shape index (κ3) is 5.40. The number of aliphatic imine (C=N–C) groups is 1. The van der Waals surface area contributed by atoms with E-state index in [9.17, 15) is 4.79 Å². The molecule has 1 fully saturated rings. The quantitative estimate of drug-likeness (QED) is 0.474. The van der Waals surface area contributed by atoms with Crippen LogP contribution in [-0.4, -0.2) is 58.3 Å². The molecule has 8 nitrogen and oxygen atoms in total. The van der Waals surface area contributed by atoms with E-state index in [0.717, 1.165) is 48.0 Å². The highest BCUT2D eigenvalue weighted by atomic mass is 32.2. The van der Waals surface area contributed by atoms with Gasteiger partial charge in [-0.1, -0.05) is 24.3 Å². The molecule has 5 rings (SSSR count). The maximum absolute atomic E-state index is 12.7. The largest absolute Gasteiger partial charge is 0.490 e. The number of likely N-dealkylation sites (tertiary alicyclic amines) is 1. The first-order valence-corrected chi connectivity index (χ1v) is 12.6. The summed E-state index contributed by atoms with van der Waals surface area (Å²) >= 11 is 1.36. The van der Waals surface area contributed by atoms with Crippen molar-refractivity contribution in [2.75, 3.05) is 26.3 Å². The highest BCUT2D eigenvalue weighted by Crippen LogP contribution is 2.30. The van der Waals surface area contributed by atoms with Crippen LogP contribution in [0.2, 0.25) is 0 Å². The summed E-state index contributed by atoms with van der Waals surface area (Å²) in [6, 6.07) is 15.3. The minimum atomic E-state index is -0.419. The number of carbonyl (C=O) groups is 1. The molecule has 3 heterocycles. The Hall–Kier alpha value is -3.59. The Morgan fingerprint density at radius 2 is 1.74 bits per heavy atom. The SMILES string of the molecule is Cc1cccc(OCCOc2ccc(/C=C3\C(=N)N4N=C(N5CCCCC5)SC4=NC3=O)cc2)c1. The second-order valence-corrected chi connectivity index (χ2v) is 9.47. The summed E-state index contributed by atoms with van der Waals surface area (Å²) in [6.45, 7) is 4.78. The van der Waals surface area contributed by atoms with Gasteiger partial charge in [0.05, 0.1) is 5.57 Å². The second-order valence-electron chi connectivity index (χ2n) is 8.53. The topological polar surface area (TPSA) is 90.6 Å². The average molecular weight is 490 g/mol. The lowest BCUT2D eigenvalue weighted by Gasteiger charge is -2.26. The van der Waals surface area contributed by atoms with Crippen molar-refractivity contribution < 1.29 is 14.3 Å². The van der Waals surface area contributed by atoms with Crippen molar-refractivity contribution in [2.45, 2.75) is 26.2 Å². The van der Waals surface area contributed by atoms with Crippen molar-refractivity contribution in [3.05, 3.63) is 65.2 Å². The van der Waals surface area contributed by atoms with E-state index in [-0.39, 0.29) is 11.4 Å². The van der Waals surface area contributed by atoms with Gasteiger partial charge in [-0.2, -0.15) is 10.0 Å². The number of hydrogen-bond acceptors (Lipinski definition) is 7. The van der Waals surface area contributed by atoms with Crippen LogP contribution in [0.4, 0.5) is 0 Å². The Kier molecular flexibility index (Phi) is 6.85. The number of nitrogens with one attached hydrogen (secondary N) is 1. The fraction of sp³-hybridized carbons (Fsp3) is 0.308. The number of piperidine rings is 1. The van der Waals surface area contributed by atoms with Gasteiger partial charge in [-0.25, -0.2) is 0 Å². The normalized spacial score (nSPS) is 18.9. The van der Waals surface area contributed by atoms with Gasteiger partial charge < -0.3 is 14.4 Å². The van der Waals surface area contributed by atoms with Crippen molar-refractivity contribution in [1.82, 2.24) is 9.91 Å². The number of amidine groups is 3. The van der Waals surface area contributed by atoms with Crippen molar-refractivity contribution in [3.8, 4) is 11.5 Å². The van der Waals surface area contributed by atoms with E-state index in [2.05, 4.69) is 15.0 Å². The molecule has 3 aliphatic heterocycles. The number of fused-ring (bicyclic) bond motifs is 1. The minimum Gasteiger partial charge on any atom is -0.490 e. The fourth-order valence-electron chi connectivity index (χ4n) is 4.05. The molecule has 0 unspecified atom stereocenters. The van der Waals surface area contributed by atoms with Crippen molar-refractivity contribution >= 4 is 39.9 Å². The number of hydrogen-bond donors (Lipinski definition) is 1. The van der Waals surface area contributed by atoms with Crippen molar-refractivity contribution in [2.24, 2.45) is 10.1 Å². The zero-order valence-electron chi connectivity index (χ0n) is 19.6. The van der Waals surface area contributed by atoms with E-state index in [0.29, 0.717) is 24.1 Å². The van der Waals surface area contributed by atoms with Crippen LogP contribution in [0.15, 0.2) is 64.2 Å². The Labute approximate surface area is 208 Å². The van der Waals surface area contributed by atoms with Gasteiger partial charge in [0, 0.05) is 13.1 Å². The van der Waals surface area contributed by atoms with E-state index in [1.54, 1.807) is 6.08 Å². The number of nitrogens with zero attached hydrogens (tertiary/aromatic N) is 4. The number of rotatable bonds is 6. The molecule has 9 heteroatoms. The zero-order valence-corrected chi connectivity index (χ0v) is 20.4. The van der Waals surface area contributed by atoms with Gasteiger partial charge in [-0.05, 0) is 79.4 Å². The average Bonchev–Trinajstić information content (AvgIpc) is 3.30. The molecule has 0 aromatic heterocycles. The Morgan fingerprint density at radius 3 is 2.49 bits per heavy atom. The molecular weight excluding hydrogens is 462 g/mol. The van der Waals surface area contributed by atoms with Gasteiger partial charge >= 0.3 is 0 Å². The monoisotopic (exact) mass is 489 g/mol. The summed E-state index contributed by atoms with van der Waals surface area (Å²) in [5.74, 6) is 1.16. The molecule has 0 aliphatic carbocycles. The molecule has 1 amide bonds. The molecule has 2 aromatic carbocycles. The Balaban J connectivity index is 1.20. The number of amides is 1. The highest BCUT2D eigenvalue weighted by Gasteiger charge is 2.37. The van der Waals surface area contributed by atoms with Crippen molar-refractivity contribution in [1.29, 1.82) is 5.41 Å². The maximum Gasteiger partial charge on any atom is 0.283 e. The standard InChI is InChI=1S/C26H27N5O3S/c1-18-6-5-7-21(16-18)34-15-14-33-20-10-8-19(9-11-20)17-22-23(27)31-25(28-24(22)32)35-26(29-31)30-12-3-2-4-13-30/h5-11,16-17,27H,2-4,12-15H2,1H3/b22-17+,27-23?. The third-order valence-corrected chi connectivity index (χ3v) is 6.84. The van der Waals surface area contributed by atoms with E-state index < -0.39 is 5.91 Å². The molecular formula is C26H27N5O3S. The van der Waals surface area contributed by atoms with Crippen LogP contribution in [0.5, 0.6) is 11.5 Å². The lowest BCUT2D eigenvalue weighted by Crippen LogP contribution is -2.35. The predicted molar refractivity (Wildman–Crippen MR) is 139 cm³/mol. The molecule has 0 saturated carbocycles. The third-order valence-electron chi connectivity index (χ3n) is 5.87. The first kappa shape index (κ1) is 23.2. The Morgan fingerprint density at radius 1 is 1.00 bits per heavy atom. The lowest BCUT2D eigenvalue weighted by atomic mass is 10.1. The van der Waals surface area contributed by atoms with Gasteiger partial charge in [-0.15, -0.1) is 5.10 Å². The first-order chi connectivity index (χ1) is 17.1. The number of hydrazone groups is 1. The van der Waals surface area contributed by atoms with E-state index in [1.165, 1.54) is 23.2 Å². The van der Waals surface area contributed by atoms with Gasteiger partial charge in [-0.3, -0.25) is 10.2 Å². The number of thioether (sulfide) groups is 1. The van der Waals surface area contributed by atoms with E-state index in [1.807, 2.05) is 55.5 Å². The van der Waals surface area contributed by atoms with Crippen LogP contribution >= 0.6 is 11.8 Å². The lowest BCUT2D eigenvalue weighted by molar-refractivity contribution is -0.114. The first-order valence-electron chi connectivity index (χ1n) is 11.7. The summed E-state index contributed by atoms with van der Waals surface area (Å²) in [6.07, 6.45) is 5.17. The number of ether oxygens (including phenoxy) is 2. The van der Waals surface area contributed by atoms with Gasteiger partial charge in [0.1, 0.15) is 24.7 Å². The molecule has 1 saturated heterocycles. The van der Waals surface area contributed by atoms with Crippen LogP contribution < -0.4 is 9.47 Å². The summed E-state index contributed by atoms with van der Waals surface area (Å²) in [4.78, 5) is 19.1. The number of benzene rings is 2. The summed E-state index contributed by atoms with van der Waals surface area (Å²) < 4.78 is 11.5. The summed E-state index contributed by atoms with van der Waals surface area (Å²) in [5, 5.41) is 15.9. The molecule has 35 heavy (non-hydrogen) atoms. The number of aryl methyl sites for hydroxylation is 1. The highest BCUT2D eigenvalue weighted by molar-refractivity contribution is 8.26. The van der Waals surface area contributed by atoms with Crippen LogP contribution in [0.25, 0.3) is 6.08 Å². The fourth-order valence-corrected chi connectivity index (χ4v) is 4.99. The molecule has 1 N–H and O–H groups in total. The summed E-state index contributed by atoms with van der Waals surface area (Å²) in [5.41, 5.74) is 2.16. The van der Waals surface area contributed by atoms with Crippen molar-refractivity contribution in [3.63, 3.8) is 0 Å². The Bertz CT molecular complexity index is 1220. The van der Waals surface area contributed by atoms with Crippen LogP contribution in [-0.2, 0) is 4.79 Å². The molecule has 0 spiro atoms. The van der Waals surface area contributed by atoms with E-state index >= 15 is 0 Å². The van der Waals surface area contributed by atoms with Gasteiger partial charge in [0.15, 0.2) is 11.0 Å². The number of carbonyl (C=O) groups excluding carboxylic acids is 1. The van der Waals surface area contributed by atoms with Gasteiger partial charge in [0.2, 0.25) is 5.17 Å². The van der Waals surface area contributed by atoms with E-state index in [4.69, 9.17) is 14.9 Å². The molecule has 180 valence electrons. The smallest absolute Gasteiger partial charge is 0.283 e. The summed E-state index contributed by atoms with van der Waals surface area (Å²) in [7, 11) is 0. The van der Waals surface area contributed by atoms with Crippen LogP contribution in [0.3, 0.4) is 0 Å². The predicted octanol–water partition coefficient (Wildman–Crippen LogP) is 4.52. The van der Waals surface area contributed by atoms with Crippen LogP contribution in [0, 0.1) is 12.3 Å². The van der Waals surface area contributed by atoms with Gasteiger partial charge in [0.25, 0.3) is 5.91 Å². The minimum absolute atomic E-state index is 0.0492. The maximum atomic E-state index is 12.7. The molecule has 2 aromatic rings. The molecule has 3 aliphatic rings. The zero-order chi connectivity index (χ0) is 24.2. The molecule has 0 bridgehead atoms. The van der Waals surface area contributed by atoms with Crippen LogP contribution in [0.1, 0.15) is 30.4 Å². The second kappa shape index (κ2) is 10.4.